The van der Waals surface area contributed by atoms with E-state index >= 15 is 0 Å². The normalized spacial score (nSPS) is 12.3. The predicted molar refractivity (Wildman–Crippen MR) is 155 cm³/mol. The van der Waals surface area contributed by atoms with Gasteiger partial charge < -0.3 is 4.40 Å². The summed E-state index contributed by atoms with van der Waals surface area (Å²) in [6.07, 6.45) is 3.75. The summed E-state index contributed by atoms with van der Waals surface area (Å²) in [7, 11) is 0. The van der Waals surface area contributed by atoms with Crippen molar-refractivity contribution in [1.82, 2.24) is 14.4 Å². The molecule has 0 saturated carbocycles. The van der Waals surface area contributed by atoms with Crippen molar-refractivity contribution in [2.45, 2.75) is 0 Å². The Hall–Kier alpha value is -5.02. The van der Waals surface area contributed by atoms with Gasteiger partial charge >= 0.3 is 0 Å². The molecule has 0 amide bonds. The maximum Gasteiger partial charge on any atom is 0.0970 e. The summed E-state index contributed by atoms with van der Waals surface area (Å²) in [4.78, 5) is 9.36. The lowest BCUT2D eigenvalue weighted by molar-refractivity contribution is 1.35. The number of hydrogen-bond donors (Lipinski definition) is 0. The van der Waals surface area contributed by atoms with Crippen molar-refractivity contribution >= 4 is 70.7 Å². The Morgan fingerprint density at radius 1 is 0.486 bits per heavy atom. The maximum absolute atomic E-state index is 4.72. The zero-order valence-electron chi connectivity index (χ0n) is 19.8. The molecule has 0 saturated heterocycles. The van der Waals surface area contributed by atoms with Crippen molar-refractivity contribution in [3.63, 3.8) is 0 Å². The van der Waals surface area contributed by atoms with Crippen molar-refractivity contribution in [1.29, 1.82) is 0 Å². The lowest BCUT2D eigenvalue weighted by atomic mass is 9.98. The molecule has 4 aromatic heterocycles. The van der Waals surface area contributed by atoms with Crippen LogP contribution in [0.25, 0.3) is 81.8 Å². The molecule has 0 fully saturated rings. The molecular weight excluding hydrogens is 450 g/mol. The quantitative estimate of drug-likeness (QED) is 0.178. The topological polar surface area (TPSA) is 30.2 Å². The number of pyridine rings is 3. The second kappa shape index (κ2) is 6.80. The van der Waals surface area contributed by atoms with Gasteiger partial charge in [0.15, 0.2) is 0 Å². The Morgan fingerprint density at radius 2 is 1.27 bits per heavy atom. The third-order valence-corrected chi connectivity index (χ3v) is 7.99. The van der Waals surface area contributed by atoms with E-state index in [1.165, 1.54) is 60.0 Å². The highest BCUT2D eigenvalue weighted by molar-refractivity contribution is 6.27. The molecule has 0 atom stereocenters. The van der Waals surface area contributed by atoms with E-state index in [-0.39, 0.29) is 0 Å². The first-order valence-electron chi connectivity index (χ1n) is 12.6. The predicted octanol–water partition coefficient (Wildman–Crippen LogP) is 8.75. The number of rotatable bonds is 1. The fraction of sp³-hybridized carbons (Fsp3) is 0. The molecule has 3 heteroatoms. The van der Waals surface area contributed by atoms with Crippen LogP contribution in [-0.4, -0.2) is 14.4 Å². The van der Waals surface area contributed by atoms with Gasteiger partial charge in [-0.2, -0.15) is 0 Å². The molecule has 0 unspecified atom stereocenters. The highest BCUT2D eigenvalue weighted by Gasteiger charge is 2.18. The lowest BCUT2D eigenvalue weighted by Crippen LogP contribution is -1.92. The molecule has 9 aromatic rings. The molecule has 9 rings (SSSR count). The SMILES string of the molecule is c1cnc2c(c1)ccc1c(-c3ccc4c(c3)c3cccc5c6cccc7cccc(c76)n4c53)ccnc12. The molecule has 0 radical (unpaired) electrons. The van der Waals surface area contributed by atoms with Crippen molar-refractivity contribution in [3.8, 4) is 11.1 Å². The molecule has 37 heavy (non-hydrogen) atoms. The van der Waals surface area contributed by atoms with E-state index in [2.05, 4.69) is 106 Å². The smallest absolute Gasteiger partial charge is 0.0970 e. The summed E-state index contributed by atoms with van der Waals surface area (Å²) < 4.78 is 2.46. The first-order chi connectivity index (χ1) is 18.4. The Morgan fingerprint density at radius 3 is 2.22 bits per heavy atom. The number of para-hydroxylation sites is 1. The van der Waals surface area contributed by atoms with E-state index < -0.39 is 0 Å². The second-order valence-corrected chi connectivity index (χ2v) is 9.85. The van der Waals surface area contributed by atoms with E-state index in [0.717, 1.165) is 21.8 Å². The fourth-order valence-corrected chi connectivity index (χ4v) is 6.44. The summed E-state index contributed by atoms with van der Waals surface area (Å²) >= 11 is 0. The van der Waals surface area contributed by atoms with Crippen molar-refractivity contribution in [3.05, 3.63) is 116 Å². The summed E-state index contributed by atoms with van der Waals surface area (Å²) in [6.45, 7) is 0. The van der Waals surface area contributed by atoms with Crippen LogP contribution in [0.2, 0.25) is 0 Å². The van der Waals surface area contributed by atoms with Gasteiger partial charge in [0.05, 0.1) is 27.6 Å². The molecule has 0 spiro atoms. The summed E-state index contributed by atoms with van der Waals surface area (Å²) in [5.41, 5.74) is 8.04. The molecule has 0 aliphatic rings. The van der Waals surface area contributed by atoms with E-state index in [0.29, 0.717) is 0 Å². The summed E-state index contributed by atoms with van der Waals surface area (Å²) in [5, 5.41) is 10.00. The number of aromatic nitrogens is 3. The van der Waals surface area contributed by atoms with Gasteiger partial charge in [-0.25, -0.2) is 0 Å². The average molecular weight is 470 g/mol. The zero-order valence-corrected chi connectivity index (χ0v) is 19.8. The van der Waals surface area contributed by atoms with Crippen LogP contribution in [0.4, 0.5) is 0 Å². The van der Waals surface area contributed by atoms with Gasteiger partial charge in [0.25, 0.3) is 0 Å². The number of hydrogen-bond acceptors (Lipinski definition) is 2. The molecular formula is C34H19N3. The molecule has 0 N–H and O–H groups in total. The maximum atomic E-state index is 4.72. The van der Waals surface area contributed by atoms with Crippen LogP contribution in [0.1, 0.15) is 0 Å². The fourth-order valence-electron chi connectivity index (χ4n) is 6.44. The highest BCUT2D eigenvalue weighted by atomic mass is 14.9. The third kappa shape index (κ3) is 2.41. The van der Waals surface area contributed by atoms with Crippen molar-refractivity contribution in [2.75, 3.05) is 0 Å². The van der Waals surface area contributed by atoms with Crippen molar-refractivity contribution < 1.29 is 0 Å². The van der Waals surface area contributed by atoms with E-state index in [9.17, 15) is 0 Å². The number of benzene rings is 5. The molecule has 0 aliphatic carbocycles. The van der Waals surface area contributed by atoms with E-state index in [1.807, 2.05) is 18.5 Å². The Bertz CT molecular complexity index is 2360. The van der Waals surface area contributed by atoms with Crippen LogP contribution < -0.4 is 0 Å². The molecule has 4 heterocycles. The minimum Gasteiger partial charge on any atom is -0.308 e. The second-order valence-electron chi connectivity index (χ2n) is 9.85. The van der Waals surface area contributed by atoms with Gasteiger partial charge in [0.2, 0.25) is 0 Å². The van der Waals surface area contributed by atoms with Crippen LogP contribution in [0.3, 0.4) is 0 Å². The van der Waals surface area contributed by atoms with Crippen LogP contribution in [0, 0.1) is 0 Å². The van der Waals surface area contributed by atoms with Crippen LogP contribution in [0.5, 0.6) is 0 Å². The summed E-state index contributed by atoms with van der Waals surface area (Å²) in [5.74, 6) is 0. The standard InChI is InChI=1S/C34H19N3/c1-5-20-6-2-11-30-31(20)24(8-1)26-9-3-10-27-28-19-22(13-15-29(28)37(30)34(26)27)23-16-18-36-33-25(23)14-12-21-7-4-17-35-32(21)33/h1-19H. The Kier molecular flexibility index (Phi) is 3.53. The molecule has 5 aromatic carbocycles. The third-order valence-electron chi connectivity index (χ3n) is 7.99. The van der Waals surface area contributed by atoms with Crippen LogP contribution in [-0.2, 0) is 0 Å². The number of fused-ring (bicyclic) bond motifs is 8. The average Bonchev–Trinajstić information content (AvgIpc) is 3.30. The molecule has 170 valence electrons. The zero-order chi connectivity index (χ0) is 24.1. The largest absolute Gasteiger partial charge is 0.308 e. The minimum absolute atomic E-state index is 0.945. The lowest BCUT2D eigenvalue weighted by Gasteiger charge is -2.12. The molecule has 0 bridgehead atoms. The first-order valence-corrected chi connectivity index (χ1v) is 12.6. The monoisotopic (exact) mass is 469 g/mol. The summed E-state index contributed by atoms with van der Waals surface area (Å²) in [6, 6.07) is 37.4. The Balaban J connectivity index is 1.42. The molecule has 3 nitrogen and oxygen atoms in total. The van der Waals surface area contributed by atoms with Crippen LogP contribution >= 0.6 is 0 Å². The van der Waals surface area contributed by atoms with Crippen molar-refractivity contribution in [2.24, 2.45) is 0 Å². The van der Waals surface area contributed by atoms with Gasteiger partial charge in [-0.15, -0.1) is 0 Å². The van der Waals surface area contributed by atoms with Gasteiger partial charge in [-0.05, 0) is 52.2 Å². The van der Waals surface area contributed by atoms with Gasteiger partial charge in [-0.3, -0.25) is 9.97 Å². The Labute approximate surface area is 211 Å². The van der Waals surface area contributed by atoms with E-state index in [4.69, 9.17) is 4.98 Å². The minimum atomic E-state index is 0.945. The van der Waals surface area contributed by atoms with Gasteiger partial charge in [-0.1, -0.05) is 72.8 Å². The van der Waals surface area contributed by atoms with Gasteiger partial charge in [0, 0.05) is 44.7 Å². The van der Waals surface area contributed by atoms with Crippen LogP contribution in [0.15, 0.2) is 116 Å². The molecule has 0 aliphatic heterocycles. The number of nitrogens with zero attached hydrogens (tertiary/aromatic N) is 3. The van der Waals surface area contributed by atoms with E-state index in [1.54, 1.807) is 0 Å². The highest BCUT2D eigenvalue weighted by Crippen LogP contribution is 2.42. The van der Waals surface area contributed by atoms with Gasteiger partial charge in [0.1, 0.15) is 0 Å². The first kappa shape index (κ1) is 19.2.